The number of benzene rings is 1. The Balaban J connectivity index is 1.53. The van der Waals surface area contributed by atoms with Crippen LogP contribution in [0.5, 0.6) is 11.5 Å². The van der Waals surface area contributed by atoms with Gasteiger partial charge >= 0.3 is 12.1 Å². The van der Waals surface area contributed by atoms with E-state index in [1.165, 1.54) is 19.3 Å². The molecule has 1 saturated carbocycles. The van der Waals surface area contributed by atoms with Crippen molar-refractivity contribution in [2.24, 2.45) is 0 Å². The lowest BCUT2D eigenvalue weighted by atomic mass is 9.97. The maximum atomic E-state index is 12.7. The number of carbonyl (C=O) groups is 2. The van der Waals surface area contributed by atoms with E-state index in [4.69, 9.17) is 14.2 Å². The molecule has 8 nitrogen and oxygen atoms in total. The predicted octanol–water partition coefficient (Wildman–Crippen LogP) is 4.17. The Morgan fingerprint density at radius 3 is 2.31 bits per heavy atom. The molecular formula is C24H37N3O5. The van der Waals surface area contributed by atoms with Crippen LogP contribution >= 0.6 is 0 Å². The SMILES string of the molecule is COc1ccc(OC2CCCCC2)c(CNC(=O)N2CCN(C(=O)OC(C)(C)C)CC2)c1. The Morgan fingerprint density at radius 2 is 1.69 bits per heavy atom. The summed E-state index contributed by atoms with van der Waals surface area (Å²) in [6.07, 6.45) is 5.70. The third-order valence-corrected chi connectivity index (χ3v) is 5.76. The van der Waals surface area contributed by atoms with Crippen LogP contribution in [0, 0.1) is 0 Å². The van der Waals surface area contributed by atoms with Crippen LogP contribution in [0.15, 0.2) is 18.2 Å². The number of urea groups is 1. The number of methoxy groups -OCH3 is 1. The molecule has 1 aromatic carbocycles. The molecular weight excluding hydrogens is 410 g/mol. The van der Waals surface area contributed by atoms with Crippen molar-refractivity contribution in [3.63, 3.8) is 0 Å². The summed E-state index contributed by atoms with van der Waals surface area (Å²) in [7, 11) is 1.63. The average Bonchev–Trinajstić information content (AvgIpc) is 2.78. The topological polar surface area (TPSA) is 80.3 Å². The smallest absolute Gasteiger partial charge is 0.410 e. The van der Waals surface area contributed by atoms with Crippen molar-refractivity contribution < 1.29 is 23.8 Å². The van der Waals surface area contributed by atoms with Gasteiger partial charge in [-0.15, -0.1) is 0 Å². The van der Waals surface area contributed by atoms with E-state index in [9.17, 15) is 9.59 Å². The summed E-state index contributed by atoms with van der Waals surface area (Å²) in [5.74, 6) is 1.53. The monoisotopic (exact) mass is 447 g/mol. The van der Waals surface area contributed by atoms with Gasteiger partial charge in [0.25, 0.3) is 0 Å². The van der Waals surface area contributed by atoms with Gasteiger partial charge in [-0.25, -0.2) is 9.59 Å². The molecule has 0 spiro atoms. The van der Waals surface area contributed by atoms with E-state index in [1.807, 2.05) is 39.0 Å². The third kappa shape index (κ3) is 6.93. The second kappa shape index (κ2) is 10.8. The maximum Gasteiger partial charge on any atom is 0.410 e. The lowest BCUT2D eigenvalue weighted by Crippen LogP contribution is -2.53. The van der Waals surface area contributed by atoms with Crippen molar-refractivity contribution >= 4 is 12.1 Å². The normalized spacial score (nSPS) is 17.6. The van der Waals surface area contributed by atoms with Crippen molar-refractivity contribution in [1.82, 2.24) is 15.1 Å². The van der Waals surface area contributed by atoms with Crippen LogP contribution < -0.4 is 14.8 Å². The molecule has 0 bridgehead atoms. The van der Waals surface area contributed by atoms with Crippen LogP contribution in [-0.4, -0.2) is 66.9 Å². The van der Waals surface area contributed by atoms with Crippen molar-refractivity contribution in [2.45, 2.75) is 71.1 Å². The molecule has 3 rings (SSSR count). The van der Waals surface area contributed by atoms with Gasteiger partial charge in [-0.1, -0.05) is 6.42 Å². The van der Waals surface area contributed by atoms with E-state index in [2.05, 4.69) is 5.32 Å². The zero-order valence-electron chi connectivity index (χ0n) is 19.8. The molecule has 1 heterocycles. The highest BCUT2D eigenvalue weighted by molar-refractivity contribution is 5.75. The standard InChI is InChI=1S/C24H37N3O5/c1-24(2,3)32-23(29)27-14-12-26(13-15-27)22(28)25-17-18-16-20(30-4)10-11-21(18)31-19-8-6-5-7-9-19/h10-11,16,19H,5-9,12-15,17H2,1-4H3,(H,25,28). The summed E-state index contributed by atoms with van der Waals surface area (Å²) in [5, 5.41) is 3.00. The third-order valence-electron chi connectivity index (χ3n) is 5.76. The average molecular weight is 448 g/mol. The number of piperazine rings is 1. The minimum atomic E-state index is -0.528. The van der Waals surface area contributed by atoms with Gasteiger partial charge in [0.2, 0.25) is 0 Å². The summed E-state index contributed by atoms with van der Waals surface area (Å²) < 4.78 is 17.0. The van der Waals surface area contributed by atoms with Gasteiger partial charge in [-0.2, -0.15) is 0 Å². The zero-order chi connectivity index (χ0) is 23.1. The summed E-state index contributed by atoms with van der Waals surface area (Å²) in [4.78, 5) is 28.3. The number of nitrogens with zero attached hydrogens (tertiary/aromatic N) is 2. The van der Waals surface area contributed by atoms with E-state index >= 15 is 0 Å². The molecule has 3 amide bonds. The van der Waals surface area contributed by atoms with E-state index in [-0.39, 0.29) is 18.2 Å². The van der Waals surface area contributed by atoms with Crippen LogP contribution in [0.1, 0.15) is 58.4 Å². The second-order valence-electron chi connectivity index (χ2n) is 9.46. The molecule has 178 valence electrons. The Hall–Kier alpha value is -2.64. The van der Waals surface area contributed by atoms with E-state index in [0.29, 0.717) is 32.7 Å². The number of nitrogens with one attached hydrogen (secondary N) is 1. The summed E-state index contributed by atoms with van der Waals surface area (Å²) in [6.45, 7) is 7.74. The van der Waals surface area contributed by atoms with E-state index < -0.39 is 5.60 Å². The molecule has 0 atom stereocenters. The van der Waals surface area contributed by atoms with Gasteiger partial charge in [0, 0.05) is 38.3 Å². The highest BCUT2D eigenvalue weighted by Gasteiger charge is 2.27. The van der Waals surface area contributed by atoms with Gasteiger partial charge in [0.15, 0.2) is 0 Å². The fraction of sp³-hybridized carbons (Fsp3) is 0.667. The van der Waals surface area contributed by atoms with Gasteiger partial charge in [0.05, 0.1) is 13.2 Å². The van der Waals surface area contributed by atoms with Gasteiger partial charge < -0.3 is 29.3 Å². The Morgan fingerprint density at radius 1 is 1.03 bits per heavy atom. The maximum absolute atomic E-state index is 12.7. The first-order valence-corrected chi connectivity index (χ1v) is 11.6. The minimum absolute atomic E-state index is 0.153. The van der Waals surface area contributed by atoms with E-state index in [0.717, 1.165) is 29.9 Å². The first kappa shape index (κ1) is 24.0. The van der Waals surface area contributed by atoms with Gasteiger partial charge in [-0.05, 0) is 64.7 Å². The molecule has 1 aliphatic heterocycles. The van der Waals surface area contributed by atoms with Gasteiger partial charge in [-0.3, -0.25) is 0 Å². The first-order chi connectivity index (χ1) is 15.2. The van der Waals surface area contributed by atoms with Crippen molar-refractivity contribution in [3.05, 3.63) is 23.8 Å². The molecule has 1 N–H and O–H groups in total. The van der Waals surface area contributed by atoms with Crippen LogP contribution in [-0.2, 0) is 11.3 Å². The van der Waals surface area contributed by atoms with Crippen LogP contribution in [0.2, 0.25) is 0 Å². The number of hydrogen-bond acceptors (Lipinski definition) is 5. The molecule has 1 aliphatic carbocycles. The van der Waals surface area contributed by atoms with Crippen molar-refractivity contribution in [1.29, 1.82) is 0 Å². The number of rotatable bonds is 5. The summed E-state index contributed by atoms with van der Waals surface area (Å²) in [6, 6.07) is 5.58. The molecule has 1 aromatic rings. The largest absolute Gasteiger partial charge is 0.497 e. The van der Waals surface area contributed by atoms with Gasteiger partial charge in [0.1, 0.15) is 17.1 Å². The molecule has 0 radical (unpaired) electrons. The van der Waals surface area contributed by atoms with Crippen molar-refractivity contribution in [3.8, 4) is 11.5 Å². The Labute approximate surface area is 191 Å². The molecule has 8 heteroatoms. The lowest BCUT2D eigenvalue weighted by Gasteiger charge is -2.35. The fourth-order valence-electron chi connectivity index (χ4n) is 4.00. The highest BCUT2D eigenvalue weighted by atomic mass is 16.6. The first-order valence-electron chi connectivity index (χ1n) is 11.6. The predicted molar refractivity (Wildman–Crippen MR) is 122 cm³/mol. The molecule has 0 aromatic heterocycles. The van der Waals surface area contributed by atoms with Crippen LogP contribution in [0.25, 0.3) is 0 Å². The number of carbonyl (C=O) groups excluding carboxylic acids is 2. The molecule has 0 unspecified atom stereocenters. The number of amides is 3. The zero-order valence-corrected chi connectivity index (χ0v) is 19.8. The molecule has 2 fully saturated rings. The fourth-order valence-corrected chi connectivity index (χ4v) is 4.00. The second-order valence-corrected chi connectivity index (χ2v) is 9.46. The summed E-state index contributed by atoms with van der Waals surface area (Å²) >= 11 is 0. The molecule has 32 heavy (non-hydrogen) atoms. The summed E-state index contributed by atoms with van der Waals surface area (Å²) in [5.41, 5.74) is 0.371. The number of hydrogen-bond donors (Lipinski definition) is 1. The van der Waals surface area contributed by atoms with Crippen LogP contribution in [0.4, 0.5) is 9.59 Å². The minimum Gasteiger partial charge on any atom is -0.497 e. The van der Waals surface area contributed by atoms with Crippen molar-refractivity contribution in [2.75, 3.05) is 33.3 Å². The number of ether oxygens (including phenoxy) is 3. The molecule has 1 saturated heterocycles. The Kier molecular flexibility index (Phi) is 8.10. The Bertz CT molecular complexity index is 778. The lowest BCUT2D eigenvalue weighted by molar-refractivity contribution is 0.0170. The molecule has 2 aliphatic rings. The quantitative estimate of drug-likeness (QED) is 0.733. The van der Waals surface area contributed by atoms with E-state index in [1.54, 1.807) is 16.9 Å². The highest BCUT2D eigenvalue weighted by Crippen LogP contribution is 2.29. The van der Waals surface area contributed by atoms with Crippen LogP contribution in [0.3, 0.4) is 0 Å².